The second-order valence-electron chi connectivity index (χ2n) is 6.41. The molecule has 0 aromatic carbocycles. The van der Waals surface area contributed by atoms with Gasteiger partial charge in [-0.1, -0.05) is 13.3 Å². The number of hydrogen-bond donors (Lipinski definition) is 1. The first kappa shape index (κ1) is 15.3. The lowest BCUT2D eigenvalue weighted by Gasteiger charge is -2.40. The van der Waals surface area contributed by atoms with Gasteiger partial charge in [-0.05, 0) is 46.0 Å². The Morgan fingerprint density at radius 2 is 2.11 bits per heavy atom. The normalized spacial score (nSPS) is 26.9. The molecule has 1 rings (SSSR count). The van der Waals surface area contributed by atoms with E-state index in [9.17, 15) is 4.79 Å². The molecule has 4 nitrogen and oxygen atoms in total. The van der Waals surface area contributed by atoms with E-state index in [1.807, 2.05) is 25.7 Å². The lowest BCUT2D eigenvalue weighted by atomic mass is 9.80. The van der Waals surface area contributed by atoms with Gasteiger partial charge in [0.15, 0.2) is 0 Å². The van der Waals surface area contributed by atoms with Crippen LogP contribution in [-0.2, 0) is 4.74 Å². The highest BCUT2D eigenvalue weighted by Crippen LogP contribution is 2.29. The zero-order chi connectivity index (χ0) is 13.9. The molecule has 1 amide bonds. The van der Waals surface area contributed by atoms with Gasteiger partial charge >= 0.3 is 6.09 Å². The summed E-state index contributed by atoms with van der Waals surface area (Å²) in [7, 11) is 0. The van der Waals surface area contributed by atoms with Crippen molar-refractivity contribution in [2.45, 2.75) is 59.1 Å². The molecule has 0 unspecified atom stereocenters. The van der Waals surface area contributed by atoms with Gasteiger partial charge in [0, 0.05) is 19.1 Å². The van der Waals surface area contributed by atoms with Crippen LogP contribution in [0.15, 0.2) is 0 Å². The minimum absolute atomic E-state index is 0.191. The Labute approximate surface area is 111 Å². The fourth-order valence-electron chi connectivity index (χ4n) is 2.67. The summed E-state index contributed by atoms with van der Waals surface area (Å²) in [6.45, 7) is 11.5. The highest BCUT2D eigenvalue weighted by molar-refractivity contribution is 5.68. The zero-order valence-corrected chi connectivity index (χ0v) is 12.4. The van der Waals surface area contributed by atoms with E-state index < -0.39 is 5.60 Å². The fourth-order valence-corrected chi connectivity index (χ4v) is 2.67. The third-order valence-electron chi connectivity index (χ3n) is 3.64. The molecule has 2 N–H and O–H groups in total. The number of carbonyl (C=O) groups is 1. The molecule has 0 spiro atoms. The van der Waals surface area contributed by atoms with Crippen LogP contribution < -0.4 is 5.73 Å². The quantitative estimate of drug-likeness (QED) is 0.826. The number of hydrogen-bond acceptors (Lipinski definition) is 3. The van der Waals surface area contributed by atoms with Gasteiger partial charge in [-0.2, -0.15) is 0 Å². The van der Waals surface area contributed by atoms with Crippen molar-refractivity contribution in [2.24, 2.45) is 17.6 Å². The van der Waals surface area contributed by atoms with Crippen molar-refractivity contribution in [1.29, 1.82) is 0 Å². The van der Waals surface area contributed by atoms with Gasteiger partial charge in [0.25, 0.3) is 0 Å². The summed E-state index contributed by atoms with van der Waals surface area (Å²) in [6, 6.07) is 0.204. The van der Waals surface area contributed by atoms with Gasteiger partial charge in [-0.15, -0.1) is 0 Å². The van der Waals surface area contributed by atoms with Crippen molar-refractivity contribution < 1.29 is 9.53 Å². The molecule has 106 valence electrons. The number of likely N-dealkylation sites (tertiary alicyclic amines) is 1. The molecule has 1 aliphatic heterocycles. The highest BCUT2D eigenvalue weighted by Gasteiger charge is 2.33. The van der Waals surface area contributed by atoms with Gasteiger partial charge < -0.3 is 15.4 Å². The Bertz CT molecular complexity index is 284. The van der Waals surface area contributed by atoms with E-state index in [0.717, 1.165) is 25.9 Å². The van der Waals surface area contributed by atoms with E-state index in [2.05, 4.69) is 13.8 Å². The number of nitrogens with zero attached hydrogens (tertiary/aromatic N) is 1. The predicted octanol–water partition coefficient (Wildman–Crippen LogP) is 2.62. The van der Waals surface area contributed by atoms with Gasteiger partial charge in [0.1, 0.15) is 5.60 Å². The summed E-state index contributed by atoms with van der Waals surface area (Å²) in [5.74, 6) is 1.01. The molecule has 1 fully saturated rings. The topological polar surface area (TPSA) is 55.6 Å². The van der Waals surface area contributed by atoms with Crippen LogP contribution in [0.25, 0.3) is 0 Å². The van der Waals surface area contributed by atoms with Crippen LogP contribution in [-0.4, -0.2) is 35.7 Å². The monoisotopic (exact) mass is 256 g/mol. The molecule has 0 radical (unpaired) electrons. The zero-order valence-electron chi connectivity index (χ0n) is 12.4. The van der Waals surface area contributed by atoms with Crippen molar-refractivity contribution >= 4 is 6.09 Å². The Balaban J connectivity index is 2.60. The molecule has 0 aliphatic carbocycles. The standard InChI is InChI=1S/C14H28N2O2/c1-6-11-9-16(8-7-12(11)10(2)15)13(17)18-14(3,4)5/h10-12H,6-9,15H2,1-5H3/t10-,11-,12-/m0/s1. The largest absolute Gasteiger partial charge is 0.444 e. The number of nitrogens with two attached hydrogens (primary N) is 1. The van der Waals surface area contributed by atoms with Gasteiger partial charge in [0.2, 0.25) is 0 Å². The van der Waals surface area contributed by atoms with E-state index >= 15 is 0 Å². The molecule has 1 saturated heterocycles. The third-order valence-corrected chi connectivity index (χ3v) is 3.64. The average Bonchev–Trinajstić information content (AvgIpc) is 2.25. The number of ether oxygens (including phenoxy) is 1. The second-order valence-corrected chi connectivity index (χ2v) is 6.41. The lowest BCUT2D eigenvalue weighted by molar-refractivity contribution is 0.00824. The molecule has 0 bridgehead atoms. The minimum Gasteiger partial charge on any atom is -0.444 e. The molecule has 0 aromatic heterocycles. The Morgan fingerprint density at radius 1 is 1.50 bits per heavy atom. The van der Waals surface area contributed by atoms with Crippen molar-refractivity contribution in [1.82, 2.24) is 4.90 Å². The SMILES string of the molecule is CC[C@H]1CN(C(=O)OC(C)(C)C)CC[C@H]1[C@H](C)N. The number of piperidine rings is 1. The average molecular weight is 256 g/mol. The molecule has 18 heavy (non-hydrogen) atoms. The maximum absolute atomic E-state index is 12.0. The summed E-state index contributed by atoms with van der Waals surface area (Å²) in [5, 5.41) is 0. The summed E-state index contributed by atoms with van der Waals surface area (Å²) < 4.78 is 5.42. The van der Waals surface area contributed by atoms with Crippen molar-refractivity contribution in [3.05, 3.63) is 0 Å². The van der Waals surface area contributed by atoms with Crippen LogP contribution >= 0.6 is 0 Å². The molecular formula is C14H28N2O2. The molecule has 1 aliphatic rings. The van der Waals surface area contributed by atoms with Gasteiger partial charge in [-0.3, -0.25) is 0 Å². The molecular weight excluding hydrogens is 228 g/mol. The van der Waals surface area contributed by atoms with Crippen LogP contribution in [0, 0.1) is 11.8 Å². The molecule has 4 heteroatoms. The summed E-state index contributed by atoms with van der Waals surface area (Å²) >= 11 is 0. The summed E-state index contributed by atoms with van der Waals surface area (Å²) in [5.41, 5.74) is 5.60. The predicted molar refractivity (Wildman–Crippen MR) is 73.3 cm³/mol. The van der Waals surface area contributed by atoms with Crippen molar-refractivity contribution in [2.75, 3.05) is 13.1 Å². The van der Waals surface area contributed by atoms with Crippen LogP contribution in [0.5, 0.6) is 0 Å². The van der Waals surface area contributed by atoms with Gasteiger partial charge in [-0.25, -0.2) is 4.79 Å². The van der Waals surface area contributed by atoms with E-state index in [-0.39, 0.29) is 12.1 Å². The smallest absolute Gasteiger partial charge is 0.410 e. The molecule has 0 aromatic rings. The second kappa shape index (κ2) is 5.91. The van der Waals surface area contributed by atoms with E-state index in [4.69, 9.17) is 10.5 Å². The fraction of sp³-hybridized carbons (Fsp3) is 0.929. The first-order valence-corrected chi connectivity index (χ1v) is 6.98. The summed E-state index contributed by atoms with van der Waals surface area (Å²) in [4.78, 5) is 13.9. The Morgan fingerprint density at radius 3 is 2.56 bits per heavy atom. The number of carbonyl (C=O) groups excluding carboxylic acids is 1. The number of amides is 1. The van der Waals surface area contributed by atoms with E-state index in [1.165, 1.54) is 0 Å². The Hall–Kier alpha value is -0.770. The lowest BCUT2D eigenvalue weighted by Crippen LogP contribution is -2.49. The van der Waals surface area contributed by atoms with Gasteiger partial charge in [0.05, 0.1) is 0 Å². The third kappa shape index (κ3) is 4.16. The van der Waals surface area contributed by atoms with Crippen LogP contribution in [0.1, 0.15) is 47.5 Å². The minimum atomic E-state index is -0.420. The van der Waals surface area contributed by atoms with E-state index in [1.54, 1.807) is 0 Å². The van der Waals surface area contributed by atoms with Crippen LogP contribution in [0.4, 0.5) is 4.79 Å². The first-order valence-electron chi connectivity index (χ1n) is 6.98. The first-order chi connectivity index (χ1) is 8.24. The van der Waals surface area contributed by atoms with Crippen molar-refractivity contribution in [3.63, 3.8) is 0 Å². The van der Waals surface area contributed by atoms with Crippen LogP contribution in [0.3, 0.4) is 0 Å². The maximum atomic E-state index is 12.0. The van der Waals surface area contributed by atoms with E-state index in [0.29, 0.717) is 11.8 Å². The maximum Gasteiger partial charge on any atom is 0.410 e. The number of rotatable bonds is 2. The Kier molecular flexibility index (Phi) is 5.02. The highest BCUT2D eigenvalue weighted by atomic mass is 16.6. The molecule has 1 heterocycles. The summed E-state index contributed by atoms with van der Waals surface area (Å²) in [6.07, 6.45) is 1.85. The van der Waals surface area contributed by atoms with Crippen molar-refractivity contribution in [3.8, 4) is 0 Å². The molecule has 3 atom stereocenters. The van der Waals surface area contributed by atoms with Crippen LogP contribution in [0.2, 0.25) is 0 Å². The molecule has 0 saturated carbocycles.